The van der Waals surface area contributed by atoms with Crippen molar-refractivity contribution < 1.29 is 9.18 Å². The molecule has 1 atom stereocenters. The molecule has 0 aliphatic carbocycles. The van der Waals surface area contributed by atoms with Crippen LogP contribution < -0.4 is 5.32 Å². The number of carbonyl (C=O) groups is 1. The van der Waals surface area contributed by atoms with Gasteiger partial charge in [-0.1, -0.05) is 90.1 Å². The molecular formula is C32H29FN4OS. The minimum absolute atomic E-state index is 0.159. The normalized spacial score (nSPS) is 11.8. The minimum atomic E-state index is -0.437. The first-order chi connectivity index (χ1) is 19.0. The van der Waals surface area contributed by atoms with Gasteiger partial charge >= 0.3 is 0 Å². The molecule has 1 unspecified atom stereocenters. The van der Waals surface area contributed by atoms with E-state index in [1.54, 1.807) is 12.1 Å². The van der Waals surface area contributed by atoms with Gasteiger partial charge in [-0.3, -0.25) is 9.36 Å². The van der Waals surface area contributed by atoms with E-state index in [2.05, 4.69) is 15.5 Å². The molecule has 0 bridgehead atoms. The maximum Gasteiger partial charge on any atom is 0.252 e. The molecule has 4 aromatic carbocycles. The van der Waals surface area contributed by atoms with E-state index in [0.29, 0.717) is 28.7 Å². The van der Waals surface area contributed by atoms with Crippen LogP contribution in [0.25, 0.3) is 5.69 Å². The van der Waals surface area contributed by atoms with Crippen molar-refractivity contribution in [2.24, 2.45) is 0 Å². The molecule has 1 aromatic heterocycles. The van der Waals surface area contributed by atoms with Gasteiger partial charge in [0, 0.05) is 17.0 Å². The number of rotatable bonds is 9. The number of hydrogen-bond donors (Lipinski definition) is 1. The molecule has 0 spiro atoms. The van der Waals surface area contributed by atoms with Crippen molar-refractivity contribution >= 4 is 17.7 Å². The summed E-state index contributed by atoms with van der Waals surface area (Å²) in [5.74, 6) is 0.824. The van der Waals surface area contributed by atoms with Crippen molar-refractivity contribution in [3.8, 4) is 5.69 Å². The van der Waals surface area contributed by atoms with Gasteiger partial charge in [0.25, 0.3) is 5.91 Å². The lowest BCUT2D eigenvalue weighted by molar-refractivity contribution is 0.0933. The van der Waals surface area contributed by atoms with Gasteiger partial charge in [0.1, 0.15) is 5.82 Å². The van der Waals surface area contributed by atoms with Gasteiger partial charge in [0.05, 0.1) is 6.04 Å². The summed E-state index contributed by atoms with van der Waals surface area (Å²) in [5, 5.41) is 13.1. The quantitative estimate of drug-likeness (QED) is 0.206. The number of amides is 1. The number of halogens is 1. The lowest BCUT2D eigenvalue weighted by Gasteiger charge is -2.21. The smallest absolute Gasteiger partial charge is 0.252 e. The summed E-state index contributed by atoms with van der Waals surface area (Å²) in [6, 6.07) is 31.8. The Morgan fingerprint density at radius 3 is 2.26 bits per heavy atom. The number of aryl methyl sites for hydroxylation is 2. The number of aromatic nitrogens is 3. The van der Waals surface area contributed by atoms with E-state index in [1.807, 2.05) is 97.3 Å². The lowest BCUT2D eigenvalue weighted by atomic mass is 10.0. The first-order valence-electron chi connectivity index (χ1n) is 12.8. The number of hydrogen-bond acceptors (Lipinski definition) is 4. The van der Waals surface area contributed by atoms with E-state index in [9.17, 15) is 9.18 Å². The van der Waals surface area contributed by atoms with E-state index in [1.165, 1.54) is 23.9 Å². The molecule has 5 rings (SSSR count). The summed E-state index contributed by atoms with van der Waals surface area (Å²) in [7, 11) is 0. The summed E-state index contributed by atoms with van der Waals surface area (Å²) >= 11 is 1.52. The molecular weight excluding hydrogens is 507 g/mol. The third-order valence-corrected chi connectivity index (χ3v) is 7.52. The summed E-state index contributed by atoms with van der Waals surface area (Å²) in [6.07, 6.45) is 0.547. The second kappa shape index (κ2) is 12.1. The highest BCUT2D eigenvalue weighted by Crippen LogP contribution is 2.29. The molecule has 0 fully saturated rings. The number of nitrogens with one attached hydrogen (secondary N) is 1. The highest BCUT2D eigenvalue weighted by atomic mass is 32.2. The predicted molar refractivity (Wildman–Crippen MR) is 154 cm³/mol. The Hall–Kier alpha value is -4.23. The Morgan fingerprint density at radius 2 is 1.54 bits per heavy atom. The monoisotopic (exact) mass is 536 g/mol. The fraction of sp³-hybridized carbons (Fsp3) is 0.156. The van der Waals surface area contributed by atoms with Crippen LogP contribution in [0.1, 0.15) is 44.5 Å². The van der Waals surface area contributed by atoms with Crippen molar-refractivity contribution in [3.63, 3.8) is 0 Å². The van der Waals surface area contributed by atoms with Gasteiger partial charge < -0.3 is 5.32 Å². The van der Waals surface area contributed by atoms with Crippen LogP contribution in [0.15, 0.2) is 108 Å². The second-order valence-electron chi connectivity index (χ2n) is 9.46. The average molecular weight is 537 g/mol. The summed E-state index contributed by atoms with van der Waals surface area (Å²) < 4.78 is 15.4. The maximum absolute atomic E-state index is 13.5. The Morgan fingerprint density at radius 1 is 0.846 bits per heavy atom. The van der Waals surface area contributed by atoms with Crippen molar-refractivity contribution in [2.75, 3.05) is 0 Å². The van der Waals surface area contributed by atoms with Crippen LogP contribution in [0.3, 0.4) is 0 Å². The van der Waals surface area contributed by atoms with Crippen LogP contribution in [0.5, 0.6) is 0 Å². The first-order valence-corrected chi connectivity index (χ1v) is 13.8. The van der Waals surface area contributed by atoms with Gasteiger partial charge in [0.15, 0.2) is 11.0 Å². The first kappa shape index (κ1) is 26.4. The molecule has 0 aliphatic rings. The molecule has 1 N–H and O–H groups in total. The molecule has 5 aromatic rings. The third kappa shape index (κ3) is 6.44. The fourth-order valence-electron chi connectivity index (χ4n) is 4.39. The lowest BCUT2D eigenvalue weighted by Crippen LogP contribution is -2.32. The molecule has 196 valence electrons. The molecule has 39 heavy (non-hydrogen) atoms. The van der Waals surface area contributed by atoms with E-state index >= 15 is 0 Å². The van der Waals surface area contributed by atoms with Gasteiger partial charge in [0.2, 0.25) is 0 Å². The summed E-state index contributed by atoms with van der Waals surface area (Å²) in [5.41, 5.74) is 5.64. The Bertz CT molecular complexity index is 1550. The molecule has 0 saturated heterocycles. The Balaban J connectivity index is 1.54. The van der Waals surface area contributed by atoms with E-state index in [0.717, 1.165) is 27.9 Å². The number of carbonyl (C=O) groups excluding carboxylic acids is 1. The number of benzene rings is 4. The topological polar surface area (TPSA) is 59.8 Å². The molecule has 5 nitrogen and oxygen atoms in total. The molecule has 0 radical (unpaired) electrons. The van der Waals surface area contributed by atoms with Crippen LogP contribution in [-0.2, 0) is 12.2 Å². The zero-order valence-corrected chi connectivity index (χ0v) is 22.7. The minimum Gasteiger partial charge on any atom is -0.342 e. The molecule has 1 amide bonds. The molecule has 1 heterocycles. The Labute approximate surface area is 232 Å². The maximum atomic E-state index is 13.5. The van der Waals surface area contributed by atoms with E-state index in [4.69, 9.17) is 0 Å². The third-order valence-electron chi connectivity index (χ3n) is 6.52. The standard InChI is InChI=1S/C32H29FN4OS/c1-22-12-18-27(19-13-22)37-30(35-36-32(37)39-21-25-14-16-26(33)17-15-25)29(20-24-9-4-3-5-10-24)34-31(38)28-11-7-6-8-23(28)2/h3-19,29H,20-21H2,1-2H3,(H,34,38). The van der Waals surface area contributed by atoms with E-state index < -0.39 is 6.04 Å². The van der Waals surface area contributed by atoms with Crippen molar-refractivity contribution in [1.82, 2.24) is 20.1 Å². The van der Waals surface area contributed by atoms with Gasteiger partial charge in [-0.15, -0.1) is 10.2 Å². The van der Waals surface area contributed by atoms with Crippen LogP contribution in [0.4, 0.5) is 4.39 Å². The largest absolute Gasteiger partial charge is 0.342 e. The molecule has 0 saturated carbocycles. The average Bonchev–Trinajstić information content (AvgIpc) is 3.37. The molecule has 7 heteroatoms. The van der Waals surface area contributed by atoms with Crippen LogP contribution in [-0.4, -0.2) is 20.7 Å². The van der Waals surface area contributed by atoms with Crippen LogP contribution in [0, 0.1) is 19.7 Å². The van der Waals surface area contributed by atoms with Crippen LogP contribution >= 0.6 is 11.8 Å². The van der Waals surface area contributed by atoms with Crippen molar-refractivity contribution in [2.45, 2.75) is 37.2 Å². The van der Waals surface area contributed by atoms with Gasteiger partial charge in [-0.05, 0) is 67.3 Å². The zero-order chi connectivity index (χ0) is 27.2. The summed E-state index contributed by atoms with van der Waals surface area (Å²) in [4.78, 5) is 13.5. The number of nitrogens with zero attached hydrogens (tertiary/aromatic N) is 3. The second-order valence-corrected chi connectivity index (χ2v) is 10.4. The fourth-order valence-corrected chi connectivity index (χ4v) is 5.30. The van der Waals surface area contributed by atoms with Gasteiger partial charge in [-0.2, -0.15) is 0 Å². The van der Waals surface area contributed by atoms with Gasteiger partial charge in [-0.25, -0.2) is 4.39 Å². The Kier molecular flexibility index (Phi) is 8.18. The molecule has 0 aliphatic heterocycles. The number of thioether (sulfide) groups is 1. The highest BCUT2D eigenvalue weighted by Gasteiger charge is 2.26. The highest BCUT2D eigenvalue weighted by molar-refractivity contribution is 7.98. The van der Waals surface area contributed by atoms with Crippen molar-refractivity contribution in [1.29, 1.82) is 0 Å². The zero-order valence-electron chi connectivity index (χ0n) is 21.8. The predicted octanol–water partition coefficient (Wildman–Crippen LogP) is 7.03. The van der Waals surface area contributed by atoms with Crippen LogP contribution in [0.2, 0.25) is 0 Å². The summed E-state index contributed by atoms with van der Waals surface area (Å²) in [6.45, 7) is 3.97. The van der Waals surface area contributed by atoms with Crippen molar-refractivity contribution in [3.05, 3.63) is 143 Å². The SMILES string of the molecule is Cc1ccc(-n2c(SCc3ccc(F)cc3)nnc2C(Cc2ccccc2)NC(=O)c2ccccc2C)cc1. The van der Waals surface area contributed by atoms with E-state index in [-0.39, 0.29) is 11.7 Å².